The number of carbonyl (C=O) groups is 1. The van der Waals surface area contributed by atoms with E-state index < -0.39 is 0 Å². The minimum atomic E-state index is 0.109. The van der Waals surface area contributed by atoms with Crippen molar-refractivity contribution in [3.05, 3.63) is 96.1 Å². The third kappa shape index (κ3) is 2.02. The molecule has 0 heterocycles. The van der Waals surface area contributed by atoms with Crippen molar-refractivity contribution in [1.29, 1.82) is 0 Å². The Labute approximate surface area is 152 Å². The van der Waals surface area contributed by atoms with Crippen molar-refractivity contribution >= 4 is 27.9 Å². The van der Waals surface area contributed by atoms with Crippen molar-refractivity contribution in [1.82, 2.24) is 0 Å². The van der Waals surface area contributed by atoms with Gasteiger partial charge in [0, 0.05) is 40.3 Å². The second kappa shape index (κ2) is 5.57. The molecule has 0 bridgehead atoms. The number of rotatable bonds is 2. The highest BCUT2D eigenvalue weighted by Gasteiger charge is 2.26. The van der Waals surface area contributed by atoms with Crippen LogP contribution in [0.1, 0.15) is 15.9 Å². The maximum atomic E-state index is 13.0. The molecule has 0 fully saturated rings. The molecule has 0 N–H and O–H groups in total. The second-order valence-corrected chi connectivity index (χ2v) is 6.63. The topological polar surface area (TPSA) is 20.3 Å². The van der Waals surface area contributed by atoms with Crippen molar-refractivity contribution in [3.63, 3.8) is 0 Å². The molecule has 0 unspecified atom stereocenters. The highest BCUT2D eigenvalue weighted by molar-refractivity contribution is 6.27. The van der Waals surface area contributed by atoms with E-state index in [1.165, 1.54) is 0 Å². The Kier molecular flexibility index (Phi) is 3.19. The Hall–Kier alpha value is -3.39. The summed E-state index contributed by atoms with van der Waals surface area (Å²) in [5.74, 6) is 0.109. The molecule has 1 aliphatic carbocycles. The summed E-state index contributed by atoms with van der Waals surface area (Å²) in [6, 6.07) is 28.5. The Morgan fingerprint density at radius 1 is 0.615 bits per heavy atom. The van der Waals surface area contributed by atoms with Gasteiger partial charge in [-0.05, 0) is 35.4 Å². The largest absolute Gasteiger partial charge is 0.344 e. The minimum Gasteiger partial charge on any atom is -0.344 e. The molecule has 26 heavy (non-hydrogen) atoms. The van der Waals surface area contributed by atoms with Gasteiger partial charge >= 0.3 is 0 Å². The number of fused-ring (bicyclic) bond motifs is 2. The number of para-hydroxylation sites is 1. The van der Waals surface area contributed by atoms with Crippen LogP contribution in [-0.2, 0) is 0 Å². The fourth-order valence-electron chi connectivity index (χ4n) is 3.95. The molecule has 0 saturated carbocycles. The normalized spacial score (nSPS) is 12.1. The molecule has 0 saturated heterocycles. The first-order valence-electron chi connectivity index (χ1n) is 8.74. The van der Waals surface area contributed by atoms with Gasteiger partial charge in [-0.25, -0.2) is 0 Å². The molecule has 124 valence electrons. The van der Waals surface area contributed by atoms with Crippen LogP contribution in [0, 0.1) is 0 Å². The van der Waals surface area contributed by atoms with Gasteiger partial charge in [0.05, 0.1) is 0 Å². The van der Waals surface area contributed by atoms with Crippen LogP contribution in [0.5, 0.6) is 0 Å². The van der Waals surface area contributed by atoms with Gasteiger partial charge in [0.25, 0.3) is 0 Å². The van der Waals surface area contributed by atoms with E-state index in [4.69, 9.17) is 0 Å². The van der Waals surface area contributed by atoms with Crippen LogP contribution in [0.3, 0.4) is 0 Å². The van der Waals surface area contributed by atoms with E-state index in [0.717, 1.165) is 44.4 Å². The Balaban J connectivity index is 1.82. The zero-order valence-corrected chi connectivity index (χ0v) is 14.4. The highest BCUT2D eigenvalue weighted by Crippen LogP contribution is 2.43. The number of ketones is 1. The van der Waals surface area contributed by atoms with Crippen LogP contribution in [0.2, 0.25) is 0 Å². The van der Waals surface area contributed by atoms with Gasteiger partial charge in [0.15, 0.2) is 5.78 Å². The molecule has 2 nitrogen and oxygen atoms in total. The van der Waals surface area contributed by atoms with Crippen molar-refractivity contribution in [2.24, 2.45) is 0 Å². The van der Waals surface area contributed by atoms with Gasteiger partial charge in [-0.1, -0.05) is 60.7 Å². The monoisotopic (exact) mass is 335 g/mol. The van der Waals surface area contributed by atoms with Crippen LogP contribution in [0.4, 0.5) is 11.4 Å². The summed E-state index contributed by atoms with van der Waals surface area (Å²) < 4.78 is 0. The Morgan fingerprint density at radius 3 is 2.12 bits per heavy atom. The van der Waals surface area contributed by atoms with Gasteiger partial charge in [-0.15, -0.1) is 0 Å². The number of hydrogen-bond donors (Lipinski definition) is 0. The molecule has 4 aromatic carbocycles. The molecular weight excluding hydrogens is 318 g/mol. The lowest BCUT2D eigenvalue weighted by Gasteiger charge is -2.25. The second-order valence-electron chi connectivity index (χ2n) is 6.63. The predicted molar refractivity (Wildman–Crippen MR) is 107 cm³/mol. The van der Waals surface area contributed by atoms with E-state index in [1.807, 2.05) is 48.5 Å². The van der Waals surface area contributed by atoms with Gasteiger partial charge in [0.1, 0.15) is 0 Å². The van der Waals surface area contributed by atoms with Gasteiger partial charge in [-0.2, -0.15) is 0 Å². The molecule has 4 aromatic rings. The van der Waals surface area contributed by atoms with Crippen LogP contribution in [0.25, 0.3) is 21.9 Å². The Morgan fingerprint density at radius 2 is 1.31 bits per heavy atom. The van der Waals surface area contributed by atoms with E-state index in [0.29, 0.717) is 0 Å². The number of carbonyl (C=O) groups excluding carboxylic acids is 1. The fraction of sp³-hybridized carbons (Fsp3) is 0.0417. The van der Waals surface area contributed by atoms with Crippen molar-refractivity contribution in [2.45, 2.75) is 0 Å². The number of hydrogen-bond acceptors (Lipinski definition) is 2. The first-order chi connectivity index (χ1) is 12.8. The number of anilines is 2. The predicted octanol–water partition coefficient (Wildman–Crippen LogP) is 5.82. The lowest BCUT2D eigenvalue weighted by molar-refractivity contribution is 0.104. The van der Waals surface area contributed by atoms with Crippen LogP contribution >= 0.6 is 0 Å². The SMILES string of the molecule is CN(c1ccccc1)c1ccc2c3c(cccc13)-c1ccccc1C2=O. The number of benzene rings is 4. The zero-order valence-electron chi connectivity index (χ0n) is 14.4. The van der Waals surface area contributed by atoms with Crippen LogP contribution in [-0.4, -0.2) is 12.8 Å². The summed E-state index contributed by atoms with van der Waals surface area (Å²) in [6.45, 7) is 0. The average Bonchev–Trinajstić information content (AvgIpc) is 2.71. The smallest absolute Gasteiger partial charge is 0.194 e. The van der Waals surface area contributed by atoms with E-state index in [1.54, 1.807) is 0 Å². The van der Waals surface area contributed by atoms with E-state index in [2.05, 4.69) is 48.3 Å². The summed E-state index contributed by atoms with van der Waals surface area (Å²) in [7, 11) is 2.07. The highest BCUT2D eigenvalue weighted by atomic mass is 16.1. The van der Waals surface area contributed by atoms with Crippen LogP contribution in [0.15, 0.2) is 84.9 Å². The first-order valence-corrected chi connectivity index (χ1v) is 8.74. The molecular formula is C24H17NO. The van der Waals surface area contributed by atoms with E-state index >= 15 is 0 Å². The van der Waals surface area contributed by atoms with Crippen LogP contribution < -0.4 is 4.90 Å². The summed E-state index contributed by atoms with van der Waals surface area (Å²) in [5.41, 5.74) is 5.96. The van der Waals surface area contributed by atoms with Gasteiger partial charge in [0.2, 0.25) is 0 Å². The maximum absolute atomic E-state index is 13.0. The maximum Gasteiger partial charge on any atom is 0.194 e. The van der Waals surface area contributed by atoms with Gasteiger partial charge in [-0.3, -0.25) is 4.79 Å². The van der Waals surface area contributed by atoms with Gasteiger partial charge < -0.3 is 4.90 Å². The summed E-state index contributed by atoms with van der Waals surface area (Å²) in [6.07, 6.45) is 0. The Bertz CT molecular complexity index is 1160. The molecule has 0 radical (unpaired) electrons. The van der Waals surface area contributed by atoms with Crippen molar-refractivity contribution in [2.75, 3.05) is 11.9 Å². The zero-order chi connectivity index (χ0) is 17.7. The molecule has 0 spiro atoms. The van der Waals surface area contributed by atoms with Crippen molar-refractivity contribution in [3.8, 4) is 11.1 Å². The summed E-state index contributed by atoms with van der Waals surface area (Å²) >= 11 is 0. The minimum absolute atomic E-state index is 0.109. The fourth-order valence-corrected chi connectivity index (χ4v) is 3.95. The molecule has 2 heteroatoms. The summed E-state index contributed by atoms with van der Waals surface area (Å²) in [4.78, 5) is 15.2. The molecule has 0 aliphatic heterocycles. The molecule has 0 atom stereocenters. The quantitative estimate of drug-likeness (QED) is 0.405. The van der Waals surface area contributed by atoms with Crippen molar-refractivity contribution < 1.29 is 4.79 Å². The molecule has 0 aromatic heterocycles. The standard InChI is InChI=1S/C24H17NO/c1-25(16-8-3-2-4-9-16)22-15-14-21-23-18(12-7-13-20(22)23)17-10-5-6-11-19(17)24(21)26/h2-15H,1H3. The third-order valence-electron chi connectivity index (χ3n) is 5.23. The molecule has 0 amide bonds. The lowest BCUT2D eigenvalue weighted by atomic mass is 9.82. The molecule has 1 aliphatic rings. The third-order valence-corrected chi connectivity index (χ3v) is 5.23. The summed E-state index contributed by atoms with van der Waals surface area (Å²) in [5, 5.41) is 2.16. The number of nitrogens with zero attached hydrogens (tertiary/aromatic N) is 1. The average molecular weight is 335 g/mol. The molecule has 5 rings (SSSR count). The first kappa shape index (κ1) is 14.9. The lowest BCUT2D eigenvalue weighted by Crippen LogP contribution is -2.13. The van der Waals surface area contributed by atoms with E-state index in [9.17, 15) is 4.79 Å². The van der Waals surface area contributed by atoms with E-state index in [-0.39, 0.29) is 5.78 Å².